The Kier molecular flexibility index (Phi) is 3.90. The number of aliphatic imine (C=N–C) groups is 1. The summed E-state index contributed by atoms with van der Waals surface area (Å²) in [6.45, 7) is 4.09. The number of allylic oxidation sites excluding steroid dienone is 2. The number of hydrogen-bond donors (Lipinski definition) is 0. The van der Waals surface area contributed by atoms with E-state index in [1.165, 1.54) is 5.57 Å². The smallest absolute Gasteiger partial charge is 0.0657 e. The summed E-state index contributed by atoms with van der Waals surface area (Å²) in [4.78, 5) is 4.22. The summed E-state index contributed by atoms with van der Waals surface area (Å²) < 4.78 is 0. The van der Waals surface area contributed by atoms with E-state index in [4.69, 9.17) is 11.6 Å². The SMILES string of the molecule is C/N=C(\C=C(C)C)c1ccccc1Cl. The number of halogens is 1. The highest BCUT2D eigenvalue weighted by molar-refractivity contribution is 6.35. The van der Waals surface area contributed by atoms with Gasteiger partial charge in [0.15, 0.2) is 0 Å². The molecular formula is C12H14ClN. The maximum absolute atomic E-state index is 6.07. The quantitative estimate of drug-likeness (QED) is 0.656. The van der Waals surface area contributed by atoms with Crippen LogP contribution in [0.15, 0.2) is 40.9 Å². The van der Waals surface area contributed by atoms with Gasteiger partial charge in [0.1, 0.15) is 0 Å². The van der Waals surface area contributed by atoms with Gasteiger partial charge in [-0.1, -0.05) is 35.4 Å². The van der Waals surface area contributed by atoms with E-state index < -0.39 is 0 Å². The highest BCUT2D eigenvalue weighted by Crippen LogP contribution is 2.17. The van der Waals surface area contributed by atoms with Crippen molar-refractivity contribution >= 4 is 17.3 Å². The lowest BCUT2D eigenvalue weighted by atomic mass is 10.1. The van der Waals surface area contributed by atoms with E-state index in [1.807, 2.05) is 44.2 Å². The minimum Gasteiger partial charge on any atom is -0.288 e. The van der Waals surface area contributed by atoms with E-state index in [2.05, 4.69) is 4.99 Å². The van der Waals surface area contributed by atoms with Crippen LogP contribution in [0.2, 0.25) is 5.02 Å². The molecule has 0 saturated carbocycles. The van der Waals surface area contributed by atoms with Gasteiger partial charge in [-0.25, -0.2) is 0 Å². The molecular weight excluding hydrogens is 194 g/mol. The molecule has 0 atom stereocenters. The van der Waals surface area contributed by atoms with Gasteiger partial charge in [0.25, 0.3) is 0 Å². The third-order valence-corrected chi connectivity index (χ3v) is 2.15. The first kappa shape index (κ1) is 11.0. The average molecular weight is 208 g/mol. The van der Waals surface area contributed by atoms with Crippen LogP contribution in [-0.2, 0) is 0 Å². The molecule has 0 aliphatic heterocycles. The normalized spacial score (nSPS) is 11.3. The van der Waals surface area contributed by atoms with E-state index in [9.17, 15) is 0 Å². The molecule has 74 valence electrons. The number of nitrogens with zero attached hydrogens (tertiary/aromatic N) is 1. The molecule has 0 fully saturated rings. The molecule has 0 heterocycles. The third-order valence-electron chi connectivity index (χ3n) is 1.82. The van der Waals surface area contributed by atoms with Gasteiger partial charge in [-0.15, -0.1) is 0 Å². The molecule has 0 bridgehead atoms. The number of benzene rings is 1. The van der Waals surface area contributed by atoms with Crippen molar-refractivity contribution in [1.29, 1.82) is 0 Å². The monoisotopic (exact) mass is 207 g/mol. The molecule has 0 aliphatic carbocycles. The Morgan fingerprint density at radius 1 is 1.29 bits per heavy atom. The number of rotatable bonds is 2. The van der Waals surface area contributed by atoms with E-state index in [0.717, 1.165) is 16.3 Å². The zero-order valence-electron chi connectivity index (χ0n) is 8.71. The van der Waals surface area contributed by atoms with Crippen LogP contribution in [0.25, 0.3) is 0 Å². The van der Waals surface area contributed by atoms with Gasteiger partial charge in [0.05, 0.1) is 5.71 Å². The summed E-state index contributed by atoms with van der Waals surface area (Å²) in [6.07, 6.45) is 2.03. The summed E-state index contributed by atoms with van der Waals surface area (Å²) in [5, 5.41) is 0.741. The Hall–Kier alpha value is -1.08. The van der Waals surface area contributed by atoms with Crippen LogP contribution in [0, 0.1) is 0 Å². The molecule has 1 rings (SSSR count). The van der Waals surface area contributed by atoms with Crippen molar-refractivity contribution in [3.05, 3.63) is 46.5 Å². The lowest BCUT2D eigenvalue weighted by Crippen LogP contribution is -1.98. The molecule has 14 heavy (non-hydrogen) atoms. The van der Waals surface area contributed by atoms with Crippen LogP contribution in [0.1, 0.15) is 19.4 Å². The summed E-state index contributed by atoms with van der Waals surface area (Å²) in [5.74, 6) is 0. The fraction of sp³-hybridized carbons (Fsp3) is 0.250. The molecule has 2 heteroatoms. The van der Waals surface area contributed by atoms with Crippen LogP contribution < -0.4 is 0 Å². The fourth-order valence-electron chi connectivity index (χ4n) is 1.21. The molecule has 0 amide bonds. The van der Waals surface area contributed by atoms with E-state index in [1.54, 1.807) is 7.05 Å². The summed E-state index contributed by atoms with van der Waals surface area (Å²) in [6, 6.07) is 7.73. The molecule has 1 aromatic carbocycles. The predicted molar refractivity (Wildman–Crippen MR) is 63.3 cm³/mol. The zero-order chi connectivity index (χ0) is 10.6. The molecule has 1 aromatic rings. The summed E-state index contributed by atoms with van der Waals surface area (Å²) in [7, 11) is 1.78. The Balaban J connectivity index is 3.15. The molecule has 0 N–H and O–H groups in total. The number of hydrogen-bond acceptors (Lipinski definition) is 1. The maximum atomic E-state index is 6.07. The van der Waals surface area contributed by atoms with Crippen molar-refractivity contribution < 1.29 is 0 Å². The lowest BCUT2D eigenvalue weighted by molar-refractivity contribution is 1.38. The average Bonchev–Trinajstić information content (AvgIpc) is 2.15. The minimum absolute atomic E-state index is 0.741. The summed E-state index contributed by atoms with van der Waals surface area (Å²) in [5.41, 5.74) is 3.12. The van der Waals surface area contributed by atoms with Crippen LogP contribution in [0.3, 0.4) is 0 Å². The van der Waals surface area contributed by atoms with Crippen molar-refractivity contribution in [2.24, 2.45) is 4.99 Å². The second-order valence-corrected chi connectivity index (χ2v) is 3.72. The van der Waals surface area contributed by atoms with Crippen LogP contribution in [0.4, 0.5) is 0 Å². The van der Waals surface area contributed by atoms with Crippen LogP contribution >= 0.6 is 11.6 Å². The van der Waals surface area contributed by atoms with Crippen LogP contribution in [0.5, 0.6) is 0 Å². The molecule has 0 spiro atoms. The summed E-state index contributed by atoms with van der Waals surface area (Å²) >= 11 is 6.07. The molecule has 0 radical (unpaired) electrons. The minimum atomic E-state index is 0.741. The maximum Gasteiger partial charge on any atom is 0.0657 e. The highest BCUT2D eigenvalue weighted by Gasteiger charge is 2.03. The third kappa shape index (κ3) is 2.71. The van der Waals surface area contributed by atoms with Crippen molar-refractivity contribution in [3.8, 4) is 0 Å². The molecule has 0 saturated heterocycles. The van der Waals surface area contributed by atoms with Gasteiger partial charge in [-0.2, -0.15) is 0 Å². The van der Waals surface area contributed by atoms with Gasteiger partial charge in [-0.3, -0.25) is 4.99 Å². The highest BCUT2D eigenvalue weighted by atomic mass is 35.5. The standard InChI is InChI=1S/C12H14ClN/c1-9(2)8-12(14-3)10-6-4-5-7-11(10)13/h4-8H,1-3H3/b14-12+. The molecule has 1 nitrogen and oxygen atoms in total. The Labute approximate surface area is 90.1 Å². The van der Waals surface area contributed by atoms with Crippen molar-refractivity contribution in [2.75, 3.05) is 7.05 Å². The first-order chi connectivity index (χ1) is 6.65. The van der Waals surface area contributed by atoms with Gasteiger partial charge in [0.2, 0.25) is 0 Å². The Bertz CT molecular complexity index is 374. The topological polar surface area (TPSA) is 12.4 Å². The van der Waals surface area contributed by atoms with E-state index >= 15 is 0 Å². The van der Waals surface area contributed by atoms with Crippen molar-refractivity contribution in [1.82, 2.24) is 0 Å². The molecule has 0 aliphatic rings. The van der Waals surface area contributed by atoms with Crippen molar-refractivity contribution in [2.45, 2.75) is 13.8 Å². The Morgan fingerprint density at radius 3 is 2.43 bits per heavy atom. The zero-order valence-corrected chi connectivity index (χ0v) is 9.47. The predicted octanol–water partition coefficient (Wildman–Crippen LogP) is 3.73. The Morgan fingerprint density at radius 2 is 1.93 bits per heavy atom. The van der Waals surface area contributed by atoms with Crippen LogP contribution in [-0.4, -0.2) is 12.8 Å². The van der Waals surface area contributed by atoms with E-state index in [-0.39, 0.29) is 0 Å². The second kappa shape index (κ2) is 4.97. The fourth-order valence-corrected chi connectivity index (χ4v) is 1.44. The second-order valence-electron chi connectivity index (χ2n) is 3.31. The van der Waals surface area contributed by atoms with Gasteiger partial charge in [0, 0.05) is 17.6 Å². The van der Waals surface area contributed by atoms with Gasteiger partial charge >= 0.3 is 0 Å². The van der Waals surface area contributed by atoms with Crippen molar-refractivity contribution in [3.63, 3.8) is 0 Å². The lowest BCUT2D eigenvalue weighted by Gasteiger charge is -2.03. The van der Waals surface area contributed by atoms with Gasteiger partial charge < -0.3 is 0 Å². The van der Waals surface area contributed by atoms with Gasteiger partial charge in [-0.05, 0) is 26.0 Å². The molecule has 0 unspecified atom stereocenters. The van der Waals surface area contributed by atoms with E-state index in [0.29, 0.717) is 0 Å². The first-order valence-corrected chi connectivity index (χ1v) is 4.89. The molecule has 0 aromatic heterocycles. The largest absolute Gasteiger partial charge is 0.288 e. The first-order valence-electron chi connectivity index (χ1n) is 4.51.